The normalized spacial score (nSPS) is 25.5. The average Bonchev–Trinajstić information content (AvgIpc) is 3.16. The number of ether oxygens (including phenoxy) is 2. The molecule has 0 saturated carbocycles. The standard InChI is InChI=1S/C28H28N2O4/c1-18-10-19(14-29-13-18)28(32)11-20-15-33-16-21(12-28)30(20)27(31)34-17-26-24-8-4-2-6-22(24)23-7-3-5-9-25(23)26/h2-10,13-14,20-21,26,32H,11-12,15-17H2,1H3. The smallest absolute Gasteiger partial charge is 0.410 e. The van der Waals surface area contributed by atoms with Crippen molar-refractivity contribution in [3.63, 3.8) is 0 Å². The van der Waals surface area contributed by atoms with Crippen molar-refractivity contribution in [2.24, 2.45) is 0 Å². The molecule has 2 unspecified atom stereocenters. The molecule has 2 saturated heterocycles. The minimum Gasteiger partial charge on any atom is -0.448 e. The van der Waals surface area contributed by atoms with Gasteiger partial charge in [-0.05, 0) is 34.7 Å². The molecule has 6 rings (SSSR count). The zero-order chi connectivity index (χ0) is 23.3. The second-order valence-corrected chi connectivity index (χ2v) is 9.75. The molecule has 6 heteroatoms. The van der Waals surface area contributed by atoms with Gasteiger partial charge in [-0.1, -0.05) is 54.6 Å². The summed E-state index contributed by atoms with van der Waals surface area (Å²) < 4.78 is 11.7. The number of aliphatic hydroxyl groups is 1. The fourth-order valence-electron chi connectivity index (χ4n) is 5.99. The van der Waals surface area contributed by atoms with Crippen LogP contribution in [0.1, 0.15) is 41.0 Å². The molecule has 0 spiro atoms. The van der Waals surface area contributed by atoms with Crippen molar-refractivity contribution in [2.75, 3.05) is 19.8 Å². The van der Waals surface area contributed by atoms with Crippen molar-refractivity contribution in [3.05, 3.63) is 89.2 Å². The van der Waals surface area contributed by atoms with Crippen molar-refractivity contribution in [3.8, 4) is 11.1 Å². The van der Waals surface area contributed by atoms with Crippen LogP contribution in [0, 0.1) is 6.92 Å². The SMILES string of the molecule is Cc1cncc(C2(O)CC3COCC(C2)N3C(=O)OCC2c3ccccc3-c3ccccc32)c1. The van der Waals surface area contributed by atoms with Gasteiger partial charge in [-0.15, -0.1) is 0 Å². The van der Waals surface area contributed by atoms with E-state index in [1.807, 2.05) is 37.3 Å². The summed E-state index contributed by atoms with van der Waals surface area (Å²) >= 11 is 0. The van der Waals surface area contributed by atoms with Crippen LogP contribution in [0.25, 0.3) is 11.1 Å². The topological polar surface area (TPSA) is 71.9 Å². The lowest BCUT2D eigenvalue weighted by Crippen LogP contribution is -2.62. The zero-order valence-corrected chi connectivity index (χ0v) is 19.2. The summed E-state index contributed by atoms with van der Waals surface area (Å²) in [6.07, 6.45) is 3.98. The Kier molecular flexibility index (Phi) is 5.15. The maximum atomic E-state index is 13.3. The Hall–Kier alpha value is -3.22. The third-order valence-electron chi connectivity index (χ3n) is 7.51. The minimum absolute atomic E-state index is 0.0209. The molecule has 0 radical (unpaired) electrons. The first-order valence-corrected chi connectivity index (χ1v) is 11.9. The number of piperidine rings is 1. The first kappa shape index (κ1) is 21.3. The Morgan fingerprint density at radius 2 is 1.68 bits per heavy atom. The van der Waals surface area contributed by atoms with E-state index in [2.05, 4.69) is 29.2 Å². The van der Waals surface area contributed by atoms with Gasteiger partial charge >= 0.3 is 6.09 Å². The van der Waals surface area contributed by atoms with Crippen molar-refractivity contribution in [1.29, 1.82) is 0 Å². The molecule has 1 aromatic heterocycles. The maximum Gasteiger partial charge on any atom is 0.410 e. The van der Waals surface area contributed by atoms with Gasteiger partial charge in [0.15, 0.2) is 0 Å². The lowest BCUT2D eigenvalue weighted by atomic mass is 9.77. The number of carbonyl (C=O) groups is 1. The van der Waals surface area contributed by atoms with Crippen LogP contribution in [-0.2, 0) is 15.1 Å². The monoisotopic (exact) mass is 456 g/mol. The molecule has 3 aromatic rings. The number of amides is 1. The third kappa shape index (κ3) is 3.49. The Morgan fingerprint density at radius 3 is 2.29 bits per heavy atom. The summed E-state index contributed by atoms with van der Waals surface area (Å²) in [5, 5.41) is 11.5. The lowest BCUT2D eigenvalue weighted by Gasteiger charge is -2.51. The van der Waals surface area contributed by atoms with Crippen LogP contribution in [0.2, 0.25) is 0 Å². The summed E-state index contributed by atoms with van der Waals surface area (Å²) in [6, 6.07) is 18.1. The molecule has 2 aromatic carbocycles. The van der Waals surface area contributed by atoms with E-state index in [0.29, 0.717) is 26.1 Å². The number of pyridine rings is 1. The van der Waals surface area contributed by atoms with Crippen molar-refractivity contribution < 1.29 is 19.4 Å². The molecule has 3 heterocycles. The molecule has 34 heavy (non-hydrogen) atoms. The Labute approximate surface area is 199 Å². The van der Waals surface area contributed by atoms with Crippen molar-refractivity contribution in [2.45, 2.75) is 43.4 Å². The van der Waals surface area contributed by atoms with E-state index >= 15 is 0 Å². The van der Waals surface area contributed by atoms with Gasteiger partial charge in [0.05, 0.1) is 30.9 Å². The van der Waals surface area contributed by atoms with E-state index in [1.54, 1.807) is 17.3 Å². The Balaban J connectivity index is 1.21. The summed E-state index contributed by atoms with van der Waals surface area (Å²) in [5.41, 5.74) is 5.58. The zero-order valence-electron chi connectivity index (χ0n) is 19.2. The van der Waals surface area contributed by atoms with Gasteiger partial charge in [0.25, 0.3) is 0 Å². The predicted octanol–water partition coefficient (Wildman–Crippen LogP) is 4.39. The number of rotatable bonds is 3. The maximum absolute atomic E-state index is 13.3. The van der Waals surface area contributed by atoms with Crippen LogP contribution in [0.15, 0.2) is 67.0 Å². The first-order chi connectivity index (χ1) is 16.5. The van der Waals surface area contributed by atoms with Gasteiger partial charge in [-0.2, -0.15) is 0 Å². The van der Waals surface area contributed by atoms with E-state index in [1.165, 1.54) is 22.3 Å². The molecule has 2 bridgehead atoms. The number of fused-ring (bicyclic) bond motifs is 5. The molecule has 1 N–H and O–H groups in total. The van der Waals surface area contributed by atoms with Gasteiger partial charge in [-0.3, -0.25) is 9.88 Å². The molecule has 174 valence electrons. The fraction of sp³-hybridized carbons (Fsp3) is 0.357. The summed E-state index contributed by atoms with van der Waals surface area (Å²) in [7, 11) is 0. The van der Waals surface area contributed by atoms with E-state index in [0.717, 1.165) is 11.1 Å². The average molecular weight is 457 g/mol. The third-order valence-corrected chi connectivity index (χ3v) is 7.51. The van der Waals surface area contributed by atoms with E-state index in [9.17, 15) is 9.90 Å². The quantitative estimate of drug-likeness (QED) is 0.633. The van der Waals surface area contributed by atoms with Gasteiger partial charge in [0, 0.05) is 36.7 Å². The van der Waals surface area contributed by atoms with E-state index < -0.39 is 5.60 Å². The lowest BCUT2D eigenvalue weighted by molar-refractivity contribution is -0.136. The molecule has 6 nitrogen and oxygen atoms in total. The fourth-order valence-corrected chi connectivity index (χ4v) is 5.99. The van der Waals surface area contributed by atoms with E-state index in [4.69, 9.17) is 9.47 Å². The molecule has 2 atom stereocenters. The molecular formula is C28H28N2O4. The number of benzene rings is 2. The van der Waals surface area contributed by atoms with Crippen LogP contribution in [0.5, 0.6) is 0 Å². The number of aromatic nitrogens is 1. The minimum atomic E-state index is -1.03. The summed E-state index contributed by atoms with van der Waals surface area (Å²) in [5.74, 6) is 0.0209. The molecule has 1 amide bonds. The molecule has 1 aliphatic carbocycles. The number of aryl methyl sites for hydroxylation is 1. The number of morpholine rings is 1. The van der Waals surface area contributed by atoms with Crippen LogP contribution in [-0.4, -0.2) is 53.0 Å². The molecule has 3 aliphatic rings. The predicted molar refractivity (Wildman–Crippen MR) is 127 cm³/mol. The highest BCUT2D eigenvalue weighted by Gasteiger charge is 2.49. The van der Waals surface area contributed by atoms with Crippen molar-refractivity contribution in [1.82, 2.24) is 9.88 Å². The van der Waals surface area contributed by atoms with Gasteiger partial charge in [0.2, 0.25) is 0 Å². The largest absolute Gasteiger partial charge is 0.448 e. The number of nitrogens with zero attached hydrogens (tertiary/aromatic N) is 2. The van der Waals surface area contributed by atoms with Crippen LogP contribution in [0.4, 0.5) is 4.79 Å². The number of hydrogen-bond acceptors (Lipinski definition) is 5. The van der Waals surface area contributed by atoms with E-state index in [-0.39, 0.29) is 30.7 Å². The van der Waals surface area contributed by atoms with Crippen LogP contribution < -0.4 is 0 Å². The Morgan fingerprint density at radius 1 is 1.06 bits per heavy atom. The highest BCUT2D eigenvalue weighted by molar-refractivity contribution is 5.79. The van der Waals surface area contributed by atoms with Crippen molar-refractivity contribution >= 4 is 6.09 Å². The highest BCUT2D eigenvalue weighted by atomic mass is 16.6. The number of hydrogen-bond donors (Lipinski definition) is 1. The number of carbonyl (C=O) groups excluding carboxylic acids is 1. The molecule has 2 fully saturated rings. The van der Waals surface area contributed by atoms with Gasteiger partial charge < -0.3 is 14.6 Å². The second kappa shape index (κ2) is 8.22. The molecular weight excluding hydrogens is 428 g/mol. The van der Waals surface area contributed by atoms with Crippen LogP contribution >= 0.6 is 0 Å². The molecule has 2 aliphatic heterocycles. The van der Waals surface area contributed by atoms with Crippen LogP contribution in [0.3, 0.4) is 0 Å². The summed E-state index contributed by atoms with van der Waals surface area (Å²) in [4.78, 5) is 19.4. The Bertz CT molecular complexity index is 1180. The second-order valence-electron chi connectivity index (χ2n) is 9.75. The van der Waals surface area contributed by atoms with Gasteiger partial charge in [-0.25, -0.2) is 4.79 Å². The highest BCUT2D eigenvalue weighted by Crippen LogP contribution is 2.45. The summed E-state index contributed by atoms with van der Waals surface area (Å²) in [6.45, 7) is 3.04. The van der Waals surface area contributed by atoms with Gasteiger partial charge in [0.1, 0.15) is 6.61 Å². The first-order valence-electron chi connectivity index (χ1n) is 11.9.